The first kappa shape index (κ1) is 20.7. The second-order valence-corrected chi connectivity index (χ2v) is 6.86. The van der Waals surface area contributed by atoms with E-state index in [9.17, 15) is 0 Å². The van der Waals surface area contributed by atoms with Gasteiger partial charge in [0.1, 0.15) is 0 Å². The molecule has 0 spiro atoms. The van der Waals surface area contributed by atoms with Crippen LogP contribution in [-0.4, -0.2) is 0 Å². The predicted molar refractivity (Wildman–Crippen MR) is 92.5 cm³/mol. The molecule has 2 unspecified atom stereocenters. The monoisotopic (exact) mass is 534 g/mol. The minimum absolute atomic E-state index is 0. The van der Waals surface area contributed by atoms with E-state index in [-0.39, 0.29) is 50.7 Å². The van der Waals surface area contributed by atoms with Crippen LogP contribution in [0.1, 0.15) is 42.7 Å². The summed E-state index contributed by atoms with van der Waals surface area (Å²) >= 11 is 0. The van der Waals surface area contributed by atoms with E-state index in [2.05, 4.69) is 60.7 Å². The summed E-state index contributed by atoms with van der Waals surface area (Å²) in [5, 5.41) is 0. The molecule has 0 heterocycles. The van der Waals surface area contributed by atoms with E-state index in [0.717, 1.165) is 0 Å². The number of hydrogen-bond acceptors (Lipinski definition) is 0. The molecule has 0 aromatic heterocycles. The van der Waals surface area contributed by atoms with E-state index in [1.54, 1.807) is 22.3 Å². The van der Waals surface area contributed by atoms with Crippen LogP contribution in [0.25, 0.3) is 6.08 Å². The maximum Gasteiger partial charge on any atom is 0.0237 e. The van der Waals surface area contributed by atoms with E-state index in [1.807, 2.05) is 0 Å². The maximum atomic E-state index is 2.47. The van der Waals surface area contributed by atoms with Crippen LogP contribution < -0.4 is 24.8 Å². The van der Waals surface area contributed by atoms with E-state index in [1.165, 1.54) is 36.8 Å². The van der Waals surface area contributed by atoms with Crippen LogP contribution in [-0.2, 0) is 25.8 Å². The summed E-state index contributed by atoms with van der Waals surface area (Å²) in [5.41, 5.74) is 9.50. The van der Waals surface area contributed by atoms with Gasteiger partial charge in [-0.2, -0.15) is 0 Å². The molecular formula is C22H20Cl2Hf-2. The Morgan fingerprint density at radius 2 is 1.72 bits per heavy atom. The van der Waals surface area contributed by atoms with E-state index < -0.39 is 0 Å². The van der Waals surface area contributed by atoms with Gasteiger partial charge in [0, 0.05) is 37.7 Å². The minimum atomic E-state index is 0. The van der Waals surface area contributed by atoms with Gasteiger partial charge in [-0.1, -0.05) is 71.9 Å². The van der Waals surface area contributed by atoms with Crippen LogP contribution >= 0.6 is 0 Å². The number of fused-ring (bicyclic) bond motifs is 5. The summed E-state index contributed by atoms with van der Waals surface area (Å²) in [6.07, 6.45) is 19.0. The van der Waals surface area contributed by atoms with Crippen LogP contribution in [0.3, 0.4) is 0 Å². The Bertz CT molecular complexity index is 811. The normalized spacial score (nSPS) is 24.8. The topological polar surface area (TPSA) is 0 Å². The van der Waals surface area contributed by atoms with Crippen molar-refractivity contribution >= 4 is 6.08 Å². The van der Waals surface area contributed by atoms with Gasteiger partial charge < -0.3 is 24.8 Å². The molecule has 0 nitrogen and oxygen atoms in total. The molecular weight excluding hydrogens is 514 g/mol. The van der Waals surface area contributed by atoms with Gasteiger partial charge in [-0.25, -0.2) is 0 Å². The molecule has 0 saturated heterocycles. The molecule has 5 rings (SSSR count). The fourth-order valence-electron chi connectivity index (χ4n) is 4.68. The summed E-state index contributed by atoms with van der Waals surface area (Å²) in [6, 6.07) is 8.97. The third kappa shape index (κ3) is 3.48. The van der Waals surface area contributed by atoms with Crippen molar-refractivity contribution in [2.75, 3.05) is 0 Å². The van der Waals surface area contributed by atoms with E-state index in [0.29, 0.717) is 11.8 Å². The molecule has 0 bridgehead atoms. The molecule has 1 aromatic rings. The summed E-state index contributed by atoms with van der Waals surface area (Å²) in [5.74, 6) is 1.23. The summed E-state index contributed by atoms with van der Waals surface area (Å²) < 4.78 is 0. The fourth-order valence-corrected chi connectivity index (χ4v) is 4.68. The molecule has 3 heteroatoms. The van der Waals surface area contributed by atoms with Gasteiger partial charge in [-0.05, 0) is 48.0 Å². The van der Waals surface area contributed by atoms with Crippen molar-refractivity contribution in [3.63, 3.8) is 0 Å². The molecule has 4 aliphatic rings. The molecule has 0 N–H and O–H groups in total. The average Bonchev–Trinajstić information content (AvgIpc) is 3.06. The molecule has 0 radical (unpaired) electrons. The Kier molecular flexibility index (Phi) is 6.93. The molecule has 1 aromatic carbocycles. The largest absolute Gasteiger partial charge is 1.00 e. The number of hydrogen-bond donors (Lipinski definition) is 0. The molecule has 128 valence electrons. The van der Waals surface area contributed by atoms with E-state index >= 15 is 0 Å². The Hall–Kier alpha value is -0.630. The van der Waals surface area contributed by atoms with Crippen molar-refractivity contribution in [2.24, 2.45) is 5.92 Å². The van der Waals surface area contributed by atoms with Gasteiger partial charge in [0.2, 0.25) is 0 Å². The molecule has 4 aliphatic carbocycles. The quantitative estimate of drug-likeness (QED) is 0.403. The number of halogens is 2. The Balaban J connectivity index is 0.000000751. The predicted octanol–water partition coefficient (Wildman–Crippen LogP) is -0.274. The van der Waals surface area contributed by atoms with Crippen molar-refractivity contribution < 1.29 is 50.7 Å². The van der Waals surface area contributed by atoms with Crippen LogP contribution in [0.4, 0.5) is 0 Å². The number of allylic oxidation sites excluding steroid dienone is 9. The number of rotatable bonds is 0. The number of benzene rings is 1. The van der Waals surface area contributed by atoms with E-state index in [4.69, 9.17) is 0 Å². The Morgan fingerprint density at radius 1 is 0.880 bits per heavy atom. The second-order valence-electron chi connectivity index (χ2n) is 6.86. The van der Waals surface area contributed by atoms with Crippen LogP contribution in [0.2, 0.25) is 0 Å². The molecule has 0 fully saturated rings. The maximum absolute atomic E-state index is 2.47. The van der Waals surface area contributed by atoms with Gasteiger partial charge >= 0.3 is 0 Å². The fraction of sp³-hybridized carbons (Fsp3) is 0.273. The van der Waals surface area contributed by atoms with Crippen molar-refractivity contribution in [3.8, 4) is 0 Å². The molecule has 0 saturated carbocycles. The average molecular weight is 534 g/mol. The Labute approximate surface area is 181 Å². The van der Waals surface area contributed by atoms with Gasteiger partial charge in [-0.3, -0.25) is 0 Å². The third-order valence-electron chi connectivity index (χ3n) is 5.74. The zero-order chi connectivity index (χ0) is 14.5. The van der Waals surface area contributed by atoms with Crippen molar-refractivity contribution in [1.82, 2.24) is 0 Å². The van der Waals surface area contributed by atoms with Crippen molar-refractivity contribution in [1.29, 1.82) is 0 Å². The van der Waals surface area contributed by atoms with Gasteiger partial charge in [0.15, 0.2) is 0 Å². The first-order valence-electron chi connectivity index (χ1n) is 8.48. The SMILES string of the molecule is C1=CC2=CC3=C(CCC4=Cc5ccccc5C4CC3)C2C=C1.[Cl-].[Cl-].[Hf]. The third-order valence-corrected chi connectivity index (χ3v) is 5.74. The van der Waals surface area contributed by atoms with Gasteiger partial charge in [0.05, 0.1) is 0 Å². The first-order valence-corrected chi connectivity index (χ1v) is 8.48. The van der Waals surface area contributed by atoms with Crippen LogP contribution in [0.5, 0.6) is 0 Å². The van der Waals surface area contributed by atoms with Crippen molar-refractivity contribution in [3.05, 3.63) is 88.1 Å². The smallest absolute Gasteiger partial charge is 0.0237 e. The Morgan fingerprint density at radius 3 is 2.60 bits per heavy atom. The van der Waals surface area contributed by atoms with Crippen LogP contribution in [0.15, 0.2) is 76.9 Å². The minimum Gasteiger partial charge on any atom is -1.00 e. The second kappa shape index (κ2) is 8.37. The van der Waals surface area contributed by atoms with Crippen molar-refractivity contribution in [2.45, 2.75) is 31.6 Å². The molecule has 25 heavy (non-hydrogen) atoms. The summed E-state index contributed by atoms with van der Waals surface area (Å²) in [6.45, 7) is 0. The van der Waals surface area contributed by atoms with Gasteiger partial charge in [-0.15, -0.1) is 0 Å². The molecule has 0 amide bonds. The van der Waals surface area contributed by atoms with Crippen LogP contribution in [0, 0.1) is 5.92 Å². The van der Waals surface area contributed by atoms with Gasteiger partial charge in [0.25, 0.3) is 0 Å². The molecule has 0 aliphatic heterocycles. The summed E-state index contributed by atoms with van der Waals surface area (Å²) in [4.78, 5) is 0. The summed E-state index contributed by atoms with van der Waals surface area (Å²) in [7, 11) is 0. The zero-order valence-corrected chi connectivity index (χ0v) is 19.1. The zero-order valence-electron chi connectivity index (χ0n) is 14.0. The molecule has 2 atom stereocenters. The first-order chi connectivity index (χ1) is 10.9. The standard InChI is InChI=1S/C22H20.2ClH.Hf/c1-3-7-19-15(5-1)13-17-9-12-22-18(10-11-21(17)19)14-16-6-2-4-8-20(16)22;;;/h1-8,13-14,19,22H,9-12H2;2*1H;/p-2.